The largest absolute Gasteiger partial charge is 0.390 e. The molecule has 2 atom stereocenters. The molecule has 0 aromatic heterocycles. The van der Waals surface area contributed by atoms with Crippen LogP contribution in [0.25, 0.3) is 0 Å². The number of aliphatic hydroxyl groups excluding tert-OH is 1. The molecule has 4 heteroatoms. The molecular weight excluding hydrogens is 219 g/mol. The number of aliphatic hydroxyl groups is 1. The van der Waals surface area contributed by atoms with E-state index in [9.17, 15) is 9.50 Å². The zero-order chi connectivity index (χ0) is 11.4. The second kappa shape index (κ2) is 5.45. The topological polar surface area (TPSA) is 29.5 Å². The Hall–Kier alpha value is -0.640. The van der Waals surface area contributed by atoms with Crippen LogP contribution in [0.5, 0.6) is 0 Å². The van der Waals surface area contributed by atoms with Crippen molar-refractivity contribution >= 4 is 11.6 Å². The summed E-state index contributed by atoms with van der Waals surface area (Å²) in [6.07, 6.45) is -0.704. The van der Waals surface area contributed by atoms with Crippen LogP contribution in [0.1, 0.15) is 12.5 Å². The zero-order valence-corrected chi connectivity index (χ0v) is 9.46. The van der Waals surface area contributed by atoms with E-state index in [0.717, 1.165) is 0 Å². The highest BCUT2D eigenvalue weighted by atomic mass is 35.5. The van der Waals surface area contributed by atoms with E-state index in [1.54, 1.807) is 6.92 Å². The summed E-state index contributed by atoms with van der Waals surface area (Å²) in [4.78, 5) is 0. The summed E-state index contributed by atoms with van der Waals surface area (Å²) in [6.45, 7) is 1.75. The number of rotatable bonds is 4. The van der Waals surface area contributed by atoms with Gasteiger partial charge in [0, 0.05) is 18.6 Å². The molecule has 0 amide bonds. The van der Waals surface area contributed by atoms with Gasteiger partial charge in [-0.3, -0.25) is 0 Å². The summed E-state index contributed by atoms with van der Waals surface area (Å²) in [6, 6.07) is 4.10. The summed E-state index contributed by atoms with van der Waals surface area (Å²) in [5.41, 5.74) is 0.591. The number of hydrogen-bond donors (Lipinski definition) is 1. The highest BCUT2D eigenvalue weighted by Crippen LogP contribution is 2.19. The molecule has 0 bridgehead atoms. The van der Waals surface area contributed by atoms with Crippen LogP contribution in [0.15, 0.2) is 18.2 Å². The van der Waals surface area contributed by atoms with Crippen LogP contribution in [0.3, 0.4) is 0 Å². The minimum absolute atomic E-state index is 0.283. The average molecular weight is 233 g/mol. The Labute approximate surface area is 93.6 Å². The maximum atomic E-state index is 12.9. The lowest BCUT2D eigenvalue weighted by Crippen LogP contribution is -2.27. The summed E-state index contributed by atoms with van der Waals surface area (Å²) < 4.78 is 17.9. The summed E-state index contributed by atoms with van der Waals surface area (Å²) in [5, 5.41) is 10.1. The van der Waals surface area contributed by atoms with Gasteiger partial charge in [0.2, 0.25) is 0 Å². The van der Waals surface area contributed by atoms with Crippen LogP contribution in [0.2, 0.25) is 5.02 Å². The molecule has 0 spiro atoms. The van der Waals surface area contributed by atoms with Crippen molar-refractivity contribution in [2.45, 2.75) is 25.6 Å². The third-order valence-corrected chi connectivity index (χ3v) is 2.72. The molecule has 0 saturated carbocycles. The summed E-state index contributed by atoms with van der Waals surface area (Å²) in [5.74, 6) is -0.355. The molecule has 2 unspecified atom stereocenters. The van der Waals surface area contributed by atoms with E-state index < -0.39 is 6.10 Å². The second-order valence-corrected chi connectivity index (χ2v) is 3.86. The van der Waals surface area contributed by atoms with Crippen molar-refractivity contribution in [3.05, 3.63) is 34.6 Å². The zero-order valence-electron chi connectivity index (χ0n) is 8.71. The van der Waals surface area contributed by atoms with Crippen molar-refractivity contribution < 1.29 is 14.2 Å². The molecular formula is C11H14ClFO2. The monoisotopic (exact) mass is 232 g/mol. The first-order chi connectivity index (χ1) is 7.04. The molecule has 1 N–H and O–H groups in total. The Morgan fingerprint density at radius 1 is 1.53 bits per heavy atom. The van der Waals surface area contributed by atoms with E-state index in [1.165, 1.54) is 25.3 Å². The van der Waals surface area contributed by atoms with Gasteiger partial charge in [-0.1, -0.05) is 11.6 Å². The van der Waals surface area contributed by atoms with E-state index >= 15 is 0 Å². The third-order valence-electron chi connectivity index (χ3n) is 2.35. The molecule has 0 aliphatic heterocycles. The quantitative estimate of drug-likeness (QED) is 0.864. The van der Waals surface area contributed by atoms with Gasteiger partial charge in [0.05, 0.1) is 12.2 Å². The van der Waals surface area contributed by atoms with E-state index in [1.807, 2.05) is 0 Å². The Balaban J connectivity index is 2.75. The molecule has 0 aliphatic carbocycles. The van der Waals surface area contributed by atoms with E-state index in [2.05, 4.69) is 0 Å². The van der Waals surface area contributed by atoms with Gasteiger partial charge in [0.1, 0.15) is 5.82 Å². The number of hydrogen-bond acceptors (Lipinski definition) is 2. The molecule has 1 aromatic rings. The SMILES string of the molecule is COC(C)C(O)Cc1cc(F)ccc1Cl. The fourth-order valence-corrected chi connectivity index (χ4v) is 1.44. The molecule has 0 fully saturated rings. The normalized spacial score (nSPS) is 15.0. The average Bonchev–Trinajstić information content (AvgIpc) is 2.22. The van der Waals surface area contributed by atoms with Gasteiger partial charge >= 0.3 is 0 Å². The van der Waals surface area contributed by atoms with Crippen LogP contribution in [0, 0.1) is 5.82 Å². The van der Waals surface area contributed by atoms with E-state index in [0.29, 0.717) is 10.6 Å². The first-order valence-electron chi connectivity index (χ1n) is 4.69. The van der Waals surface area contributed by atoms with Gasteiger partial charge in [-0.25, -0.2) is 4.39 Å². The predicted octanol–water partition coefficient (Wildman–Crippen LogP) is 2.42. The Bertz CT molecular complexity index is 330. The molecule has 15 heavy (non-hydrogen) atoms. The maximum Gasteiger partial charge on any atom is 0.123 e. The minimum Gasteiger partial charge on any atom is -0.390 e. The molecule has 2 nitrogen and oxygen atoms in total. The lowest BCUT2D eigenvalue weighted by atomic mass is 10.0. The molecule has 0 saturated heterocycles. The van der Waals surface area contributed by atoms with Crippen LogP contribution >= 0.6 is 11.6 Å². The lowest BCUT2D eigenvalue weighted by molar-refractivity contribution is 0.000391. The predicted molar refractivity (Wildman–Crippen MR) is 57.6 cm³/mol. The Kier molecular flexibility index (Phi) is 4.51. The van der Waals surface area contributed by atoms with Crippen molar-refractivity contribution in [1.29, 1.82) is 0 Å². The van der Waals surface area contributed by atoms with Gasteiger partial charge in [-0.05, 0) is 30.7 Å². The van der Waals surface area contributed by atoms with Gasteiger partial charge in [0.15, 0.2) is 0 Å². The van der Waals surface area contributed by atoms with Crippen LogP contribution < -0.4 is 0 Å². The smallest absolute Gasteiger partial charge is 0.123 e. The fraction of sp³-hybridized carbons (Fsp3) is 0.455. The Morgan fingerprint density at radius 2 is 2.20 bits per heavy atom. The van der Waals surface area contributed by atoms with Crippen molar-refractivity contribution in [2.24, 2.45) is 0 Å². The number of benzene rings is 1. The minimum atomic E-state index is -0.686. The highest BCUT2D eigenvalue weighted by Gasteiger charge is 2.15. The second-order valence-electron chi connectivity index (χ2n) is 3.45. The van der Waals surface area contributed by atoms with Gasteiger partial charge in [-0.15, -0.1) is 0 Å². The molecule has 0 heterocycles. The number of halogens is 2. The number of ether oxygens (including phenoxy) is 1. The van der Waals surface area contributed by atoms with Crippen molar-refractivity contribution in [1.82, 2.24) is 0 Å². The summed E-state index contributed by atoms with van der Waals surface area (Å²) >= 11 is 5.87. The third kappa shape index (κ3) is 3.45. The molecule has 0 radical (unpaired) electrons. The molecule has 0 aliphatic rings. The van der Waals surface area contributed by atoms with E-state index in [4.69, 9.17) is 16.3 Å². The van der Waals surface area contributed by atoms with E-state index in [-0.39, 0.29) is 18.3 Å². The molecule has 1 rings (SSSR count). The fourth-order valence-electron chi connectivity index (χ4n) is 1.25. The van der Waals surface area contributed by atoms with Crippen LogP contribution in [-0.4, -0.2) is 24.4 Å². The maximum absolute atomic E-state index is 12.9. The van der Waals surface area contributed by atoms with Gasteiger partial charge in [0.25, 0.3) is 0 Å². The van der Waals surface area contributed by atoms with Crippen LogP contribution in [-0.2, 0) is 11.2 Å². The lowest BCUT2D eigenvalue weighted by Gasteiger charge is -2.17. The van der Waals surface area contributed by atoms with Crippen molar-refractivity contribution in [3.63, 3.8) is 0 Å². The van der Waals surface area contributed by atoms with Crippen LogP contribution in [0.4, 0.5) is 4.39 Å². The van der Waals surface area contributed by atoms with Gasteiger partial charge in [-0.2, -0.15) is 0 Å². The van der Waals surface area contributed by atoms with Gasteiger partial charge < -0.3 is 9.84 Å². The molecule has 84 valence electrons. The summed E-state index contributed by atoms with van der Waals surface area (Å²) in [7, 11) is 1.51. The van der Waals surface area contributed by atoms with Crippen molar-refractivity contribution in [3.8, 4) is 0 Å². The standard InChI is InChI=1S/C11H14ClFO2/c1-7(15-2)11(14)6-8-5-9(13)3-4-10(8)12/h3-5,7,11,14H,6H2,1-2H3. The first-order valence-corrected chi connectivity index (χ1v) is 5.07. The first kappa shape index (κ1) is 12.4. The Morgan fingerprint density at radius 3 is 2.80 bits per heavy atom. The van der Waals surface area contributed by atoms with Crippen molar-refractivity contribution in [2.75, 3.05) is 7.11 Å². The number of methoxy groups -OCH3 is 1. The highest BCUT2D eigenvalue weighted by molar-refractivity contribution is 6.31. The molecule has 1 aromatic carbocycles.